The van der Waals surface area contributed by atoms with Crippen molar-refractivity contribution in [1.29, 1.82) is 0 Å². The molecule has 1 aliphatic carbocycles. The highest BCUT2D eigenvalue weighted by Crippen LogP contribution is 2.45. The van der Waals surface area contributed by atoms with E-state index in [9.17, 15) is 4.79 Å². The number of fused-ring (bicyclic) bond motifs is 1. The minimum absolute atomic E-state index is 0.192. The molecule has 2 N–H and O–H groups in total. The van der Waals surface area contributed by atoms with Crippen LogP contribution in [-0.2, 0) is 4.79 Å². The van der Waals surface area contributed by atoms with Crippen LogP contribution in [0.2, 0.25) is 5.02 Å². The molecule has 0 bridgehead atoms. The number of para-hydroxylation sites is 2. The largest absolute Gasteiger partial charge is 0.372 e. The number of Topliss-reactive ketones (excluding diaryl/α,β-unsaturated/α-hetero) is 1. The van der Waals surface area contributed by atoms with E-state index in [1.165, 1.54) is 4.88 Å². The summed E-state index contributed by atoms with van der Waals surface area (Å²) in [5.74, 6) is 0.418. The number of allylic oxidation sites excluding steroid dienone is 1. The summed E-state index contributed by atoms with van der Waals surface area (Å²) in [5, 5.41) is 9.90. The van der Waals surface area contributed by atoms with Crippen molar-refractivity contribution in [2.75, 3.05) is 10.6 Å². The molecule has 28 heavy (non-hydrogen) atoms. The predicted octanol–water partition coefficient (Wildman–Crippen LogP) is 6.38. The molecule has 1 aliphatic heterocycles. The van der Waals surface area contributed by atoms with E-state index in [4.69, 9.17) is 11.6 Å². The molecule has 0 saturated heterocycles. The molecule has 1 aromatic heterocycles. The maximum absolute atomic E-state index is 13.3. The van der Waals surface area contributed by atoms with Gasteiger partial charge in [-0.25, -0.2) is 0 Å². The van der Waals surface area contributed by atoms with Crippen molar-refractivity contribution < 1.29 is 4.79 Å². The molecule has 3 nitrogen and oxygen atoms in total. The van der Waals surface area contributed by atoms with Gasteiger partial charge in [0.25, 0.3) is 0 Å². The molecule has 140 valence electrons. The van der Waals surface area contributed by atoms with Crippen LogP contribution in [0.25, 0.3) is 0 Å². The highest BCUT2D eigenvalue weighted by atomic mass is 35.5. The fraction of sp³-hybridized carbons (Fsp3) is 0.174. The molecule has 0 amide bonds. The zero-order valence-electron chi connectivity index (χ0n) is 15.1. The lowest BCUT2D eigenvalue weighted by Gasteiger charge is -2.29. The van der Waals surface area contributed by atoms with E-state index in [-0.39, 0.29) is 17.7 Å². The highest BCUT2D eigenvalue weighted by Gasteiger charge is 2.36. The van der Waals surface area contributed by atoms with E-state index in [1.807, 2.05) is 48.5 Å². The van der Waals surface area contributed by atoms with Crippen molar-refractivity contribution in [2.24, 2.45) is 0 Å². The lowest BCUT2D eigenvalue weighted by atomic mass is 9.81. The number of halogens is 1. The lowest BCUT2D eigenvalue weighted by molar-refractivity contribution is -0.116. The lowest BCUT2D eigenvalue weighted by Crippen LogP contribution is -2.26. The van der Waals surface area contributed by atoms with Crippen LogP contribution in [0.1, 0.15) is 35.2 Å². The molecule has 2 heterocycles. The van der Waals surface area contributed by atoms with Gasteiger partial charge in [0.05, 0.1) is 17.4 Å². The molecule has 2 aromatic carbocycles. The van der Waals surface area contributed by atoms with E-state index in [0.29, 0.717) is 11.4 Å². The van der Waals surface area contributed by atoms with Gasteiger partial charge in [-0.15, -0.1) is 11.3 Å². The number of ketones is 1. The van der Waals surface area contributed by atoms with Crippen LogP contribution in [0, 0.1) is 0 Å². The average Bonchev–Trinajstić information content (AvgIpc) is 3.17. The maximum Gasteiger partial charge on any atom is 0.163 e. The molecular weight excluding hydrogens is 388 g/mol. The molecule has 0 saturated carbocycles. The first kappa shape index (κ1) is 17.5. The van der Waals surface area contributed by atoms with Crippen molar-refractivity contribution in [2.45, 2.75) is 24.8 Å². The van der Waals surface area contributed by atoms with E-state index in [1.54, 1.807) is 11.3 Å². The van der Waals surface area contributed by atoms with Gasteiger partial charge in [0, 0.05) is 33.5 Å². The number of carbonyl (C=O) groups excluding carboxylic acids is 1. The zero-order valence-corrected chi connectivity index (χ0v) is 16.7. The van der Waals surface area contributed by atoms with E-state index in [0.717, 1.165) is 34.6 Å². The SMILES string of the molecule is O=C1C[C@H](c2cccs2)CC2=C1[C@H](c1cccc(Cl)c1)Nc1ccccc1N2. The van der Waals surface area contributed by atoms with Crippen molar-refractivity contribution in [3.63, 3.8) is 0 Å². The minimum atomic E-state index is -0.221. The number of thiophene rings is 1. The van der Waals surface area contributed by atoms with E-state index < -0.39 is 0 Å². The first-order valence-electron chi connectivity index (χ1n) is 9.37. The Hall–Kier alpha value is -2.56. The summed E-state index contributed by atoms with van der Waals surface area (Å²) in [5.41, 5.74) is 4.83. The third kappa shape index (κ3) is 3.13. The van der Waals surface area contributed by atoms with Crippen LogP contribution < -0.4 is 10.6 Å². The summed E-state index contributed by atoms with van der Waals surface area (Å²) in [7, 11) is 0. The molecule has 5 heteroatoms. The first-order chi connectivity index (χ1) is 13.7. The molecule has 0 fully saturated rings. The quantitative estimate of drug-likeness (QED) is 0.518. The standard InChI is InChI=1S/C23H19ClN2OS/c24-16-6-3-5-14(11-16)23-22-19(25-17-7-1-2-8-18(17)26-23)12-15(13-20(22)27)21-9-4-10-28-21/h1-11,15,23,25-26H,12-13H2/t15-,23+/m1/s1. The van der Waals surface area contributed by atoms with Crippen molar-refractivity contribution >= 4 is 40.1 Å². The Balaban J connectivity index is 1.64. The minimum Gasteiger partial charge on any atom is -0.372 e. The monoisotopic (exact) mass is 406 g/mol. The van der Waals surface area contributed by atoms with Crippen molar-refractivity contribution in [3.8, 4) is 0 Å². The number of hydrogen-bond donors (Lipinski definition) is 2. The Morgan fingerprint density at radius 1 is 0.964 bits per heavy atom. The van der Waals surface area contributed by atoms with Crippen molar-refractivity contribution in [3.05, 3.63) is 92.8 Å². The molecule has 3 aromatic rings. The van der Waals surface area contributed by atoms with Gasteiger partial charge in [-0.1, -0.05) is 41.9 Å². The Kier molecular flexibility index (Phi) is 4.46. The molecular formula is C23H19ClN2OS. The van der Waals surface area contributed by atoms with Gasteiger partial charge in [0.2, 0.25) is 0 Å². The second kappa shape index (κ2) is 7.12. The summed E-state index contributed by atoms with van der Waals surface area (Å²) < 4.78 is 0. The summed E-state index contributed by atoms with van der Waals surface area (Å²) in [6.07, 6.45) is 1.37. The molecule has 2 atom stereocenters. The topological polar surface area (TPSA) is 41.1 Å². The molecule has 0 spiro atoms. The smallest absolute Gasteiger partial charge is 0.163 e. The van der Waals surface area contributed by atoms with Crippen LogP contribution in [-0.4, -0.2) is 5.78 Å². The van der Waals surface area contributed by atoms with Gasteiger partial charge in [0.15, 0.2) is 5.78 Å². The van der Waals surface area contributed by atoms with E-state index in [2.05, 4.69) is 28.1 Å². The fourth-order valence-corrected chi connectivity index (χ4v) is 5.18. The normalized spacial score (nSPS) is 21.2. The fourth-order valence-electron chi connectivity index (χ4n) is 4.15. The average molecular weight is 407 g/mol. The predicted molar refractivity (Wildman–Crippen MR) is 116 cm³/mol. The number of rotatable bonds is 2. The number of carbonyl (C=O) groups is 1. The summed E-state index contributed by atoms with van der Waals surface area (Å²) in [6, 6.07) is 19.8. The van der Waals surface area contributed by atoms with Gasteiger partial charge >= 0.3 is 0 Å². The Morgan fingerprint density at radius 3 is 2.61 bits per heavy atom. The van der Waals surface area contributed by atoms with Crippen molar-refractivity contribution in [1.82, 2.24) is 0 Å². The summed E-state index contributed by atoms with van der Waals surface area (Å²) >= 11 is 7.99. The van der Waals surface area contributed by atoms with Crippen LogP contribution in [0.15, 0.2) is 77.3 Å². The van der Waals surface area contributed by atoms with Gasteiger partial charge in [-0.05, 0) is 47.7 Å². The second-order valence-corrected chi connectivity index (χ2v) is 8.65. The number of benzene rings is 2. The van der Waals surface area contributed by atoms with Gasteiger partial charge < -0.3 is 10.6 Å². The summed E-state index contributed by atoms with van der Waals surface area (Å²) in [6.45, 7) is 0. The molecule has 0 unspecified atom stereocenters. The Labute approximate surface area is 173 Å². The molecule has 0 radical (unpaired) electrons. The van der Waals surface area contributed by atoms with Gasteiger partial charge in [-0.3, -0.25) is 4.79 Å². The van der Waals surface area contributed by atoms with Crippen LogP contribution in [0.3, 0.4) is 0 Å². The van der Waals surface area contributed by atoms with Crippen LogP contribution in [0.5, 0.6) is 0 Å². The van der Waals surface area contributed by atoms with Crippen LogP contribution in [0.4, 0.5) is 11.4 Å². The van der Waals surface area contributed by atoms with Crippen LogP contribution >= 0.6 is 22.9 Å². The third-order valence-electron chi connectivity index (χ3n) is 5.44. The van der Waals surface area contributed by atoms with Gasteiger partial charge in [0.1, 0.15) is 0 Å². The second-order valence-electron chi connectivity index (χ2n) is 7.24. The summed E-state index contributed by atoms with van der Waals surface area (Å²) in [4.78, 5) is 14.6. The first-order valence-corrected chi connectivity index (χ1v) is 10.6. The van der Waals surface area contributed by atoms with E-state index >= 15 is 0 Å². The number of nitrogens with one attached hydrogen (secondary N) is 2. The number of hydrogen-bond acceptors (Lipinski definition) is 4. The Morgan fingerprint density at radius 2 is 1.82 bits per heavy atom. The molecule has 2 aliphatic rings. The Bertz CT molecular complexity index is 1070. The third-order valence-corrected chi connectivity index (χ3v) is 6.71. The highest BCUT2D eigenvalue weighted by molar-refractivity contribution is 7.10. The molecule has 5 rings (SSSR count). The maximum atomic E-state index is 13.3. The van der Waals surface area contributed by atoms with Gasteiger partial charge in [-0.2, -0.15) is 0 Å². The zero-order chi connectivity index (χ0) is 19.1. The number of anilines is 2.